The molecule has 0 radical (unpaired) electrons. The predicted octanol–water partition coefficient (Wildman–Crippen LogP) is 2.56. The molecule has 1 saturated heterocycles. The van der Waals surface area contributed by atoms with Crippen molar-refractivity contribution < 1.29 is 19.1 Å². The van der Waals surface area contributed by atoms with Gasteiger partial charge in [-0.1, -0.05) is 12.1 Å². The normalized spacial score (nSPS) is 15.8. The highest BCUT2D eigenvalue weighted by atomic mass is 16.5. The lowest BCUT2D eigenvalue weighted by atomic mass is 10.1. The first-order valence-corrected chi connectivity index (χ1v) is 8.83. The maximum Gasteiger partial charge on any atom is 0.229 e. The second-order valence-electron chi connectivity index (χ2n) is 6.55. The SMILES string of the molecule is COc1ccc(CN2CC(C(=O)Nc3cccc(C#N)c3)CC2=O)cc1OC. The van der Waals surface area contributed by atoms with Crippen LogP contribution in [0.2, 0.25) is 0 Å². The Morgan fingerprint density at radius 2 is 2.00 bits per heavy atom. The Bertz CT molecular complexity index is 935. The Morgan fingerprint density at radius 1 is 1.21 bits per heavy atom. The fourth-order valence-electron chi connectivity index (χ4n) is 3.21. The van der Waals surface area contributed by atoms with Crippen molar-refractivity contribution in [3.8, 4) is 17.6 Å². The minimum absolute atomic E-state index is 0.0688. The lowest BCUT2D eigenvalue weighted by Gasteiger charge is -2.18. The standard InChI is InChI=1S/C21H21N3O4/c1-27-18-7-6-15(9-19(18)28-2)12-24-13-16(10-20(24)25)21(26)23-17-5-3-4-14(8-17)11-22/h3-9,16H,10,12-13H2,1-2H3,(H,23,26). The van der Waals surface area contributed by atoms with E-state index < -0.39 is 5.92 Å². The second-order valence-corrected chi connectivity index (χ2v) is 6.55. The molecule has 1 N–H and O–H groups in total. The smallest absolute Gasteiger partial charge is 0.229 e. The number of likely N-dealkylation sites (tertiary alicyclic amines) is 1. The molecule has 2 aromatic carbocycles. The first-order chi connectivity index (χ1) is 13.5. The third-order valence-corrected chi connectivity index (χ3v) is 4.67. The number of carbonyl (C=O) groups excluding carboxylic acids is 2. The van der Waals surface area contributed by atoms with Crippen LogP contribution < -0.4 is 14.8 Å². The summed E-state index contributed by atoms with van der Waals surface area (Å²) < 4.78 is 10.5. The van der Waals surface area contributed by atoms with Gasteiger partial charge in [-0.05, 0) is 35.9 Å². The number of hydrogen-bond acceptors (Lipinski definition) is 5. The number of nitrogens with zero attached hydrogens (tertiary/aromatic N) is 2. The number of nitriles is 1. The molecule has 1 unspecified atom stereocenters. The van der Waals surface area contributed by atoms with Crippen LogP contribution in [-0.4, -0.2) is 37.5 Å². The summed E-state index contributed by atoms with van der Waals surface area (Å²) in [6.07, 6.45) is 0.164. The number of hydrogen-bond donors (Lipinski definition) is 1. The fraction of sp³-hybridized carbons (Fsp3) is 0.286. The summed E-state index contributed by atoms with van der Waals surface area (Å²) in [4.78, 5) is 26.6. The maximum atomic E-state index is 12.5. The number of benzene rings is 2. The highest BCUT2D eigenvalue weighted by Crippen LogP contribution is 2.29. The van der Waals surface area contributed by atoms with E-state index in [1.807, 2.05) is 18.2 Å². The first-order valence-electron chi connectivity index (χ1n) is 8.83. The van der Waals surface area contributed by atoms with E-state index in [9.17, 15) is 9.59 Å². The Morgan fingerprint density at radius 3 is 2.71 bits per heavy atom. The van der Waals surface area contributed by atoms with E-state index in [-0.39, 0.29) is 18.2 Å². The van der Waals surface area contributed by atoms with Crippen LogP contribution in [-0.2, 0) is 16.1 Å². The van der Waals surface area contributed by atoms with E-state index in [0.717, 1.165) is 5.56 Å². The number of anilines is 1. The van der Waals surface area contributed by atoms with Gasteiger partial charge in [-0.25, -0.2) is 0 Å². The van der Waals surface area contributed by atoms with Crippen molar-refractivity contribution >= 4 is 17.5 Å². The summed E-state index contributed by atoms with van der Waals surface area (Å²) in [5.41, 5.74) is 1.92. The zero-order chi connectivity index (χ0) is 20.1. The van der Waals surface area contributed by atoms with E-state index in [1.165, 1.54) is 0 Å². The molecular weight excluding hydrogens is 358 g/mol. The lowest BCUT2D eigenvalue weighted by molar-refractivity contribution is -0.128. The average molecular weight is 379 g/mol. The van der Waals surface area contributed by atoms with E-state index in [1.54, 1.807) is 49.5 Å². The molecule has 1 fully saturated rings. The molecule has 7 nitrogen and oxygen atoms in total. The van der Waals surface area contributed by atoms with Crippen molar-refractivity contribution in [1.82, 2.24) is 4.90 Å². The van der Waals surface area contributed by atoms with Crippen LogP contribution >= 0.6 is 0 Å². The monoisotopic (exact) mass is 379 g/mol. The van der Waals surface area contributed by atoms with Gasteiger partial charge in [-0.2, -0.15) is 5.26 Å². The second kappa shape index (κ2) is 8.44. The number of carbonyl (C=O) groups is 2. The van der Waals surface area contributed by atoms with Crippen LogP contribution in [0.5, 0.6) is 11.5 Å². The number of ether oxygens (including phenoxy) is 2. The molecule has 1 atom stereocenters. The molecule has 144 valence electrons. The average Bonchev–Trinajstić information content (AvgIpc) is 3.08. The maximum absolute atomic E-state index is 12.5. The third kappa shape index (κ3) is 4.23. The summed E-state index contributed by atoms with van der Waals surface area (Å²) in [7, 11) is 3.13. The van der Waals surface area contributed by atoms with Gasteiger partial charge in [0.1, 0.15) is 0 Å². The van der Waals surface area contributed by atoms with Gasteiger partial charge >= 0.3 is 0 Å². The van der Waals surface area contributed by atoms with Crippen molar-refractivity contribution in [3.63, 3.8) is 0 Å². The Hall–Kier alpha value is -3.53. The van der Waals surface area contributed by atoms with E-state index in [2.05, 4.69) is 5.32 Å². The molecule has 2 aromatic rings. The van der Waals surface area contributed by atoms with Crippen LogP contribution in [0, 0.1) is 17.2 Å². The molecule has 1 aliphatic rings. The molecule has 0 saturated carbocycles. The summed E-state index contributed by atoms with van der Waals surface area (Å²) in [5, 5.41) is 11.7. The Balaban J connectivity index is 1.64. The number of amides is 2. The van der Waals surface area contributed by atoms with Gasteiger partial charge in [-0.15, -0.1) is 0 Å². The van der Waals surface area contributed by atoms with Crippen molar-refractivity contribution in [2.75, 3.05) is 26.1 Å². The molecular formula is C21H21N3O4. The van der Waals surface area contributed by atoms with E-state index >= 15 is 0 Å². The number of nitrogens with one attached hydrogen (secondary N) is 1. The molecule has 1 heterocycles. The molecule has 2 amide bonds. The highest BCUT2D eigenvalue weighted by molar-refractivity contribution is 5.97. The fourth-order valence-corrected chi connectivity index (χ4v) is 3.21. The summed E-state index contributed by atoms with van der Waals surface area (Å²) in [6.45, 7) is 0.740. The minimum Gasteiger partial charge on any atom is -0.493 e. The third-order valence-electron chi connectivity index (χ3n) is 4.67. The quantitative estimate of drug-likeness (QED) is 0.833. The summed E-state index contributed by atoms with van der Waals surface area (Å²) >= 11 is 0. The molecule has 7 heteroatoms. The molecule has 0 spiro atoms. The number of rotatable bonds is 6. The van der Waals surface area contributed by atoms with Crippen molar-refractivity contribution in [3.05, 3.63) is 53.6 Å². The molecule has 3 rings (SSSR count). The van der Waals surface area contributed by atoms with E-state index in [0.29, 0.717) is 35.8 Å². The largest absolute Gasteiger partial charge is 0.493 e. The molecule has 0 bridgehead atoms. The van der Waals surface area contributed by atoms with Gasteiger partial charge in [0.25, 0.3) is 0 Å². The van der Waals surface area contributed by atoms with Crippen LogP contribution in [0.3, 0.4) is 0 Å². The van der Waals surface area contributed by atoms with Crippen LogP contribution in [0.4, 0.5) is 5.69 Å². The first kappa shape index (κ1) is 19.2. The molecule has 1 aliphatic heterocycles. The Kier molecular flexibility index (Phi) is 5.80. The zero-order valence-corrected chi connectivity index (χ0v) is 15.8. The van der Waals surface area contributed by atoms with Crippen LogP contribution in [0.1, 0.15) is 17.5 Å². The van der Waals surface area contributed by atoms with Gasteiger partial charge in [-0.3, -0.25) is 9.59 Å². The van der Waals surface area contributed by atoms with Crippen molar-refractivity contribution in [1.29, 1.82) is 5.26 Å². The van der Waals surface area contributed by atoms with Crippen LogP contribution in [0.25, 0.3) is 0 Å². The van der Waals surface area contributed by atoms with E-state index in [4.69, 9.17) is 14.7 Å². The van der Waals surface area contributed by atoms with Gasteiger partial charge in [0.15, 0.2) is 11.5 Å². The lowest BCUT2D eigenvalue weighted by Crippen LogP contribution is -2.28. The van der Waals surface area contributed by atoms with Crippen molar-refractivity contribution in [2.45, 2.75) is 13.0 Å². The Labute approximate surface area is 163 Å². The van der Waals surface area contributed by atoms with Crippen molar-refractivity contribution in [2.24, 2.45) is 5.92 Å². The van der Waals surface area contributed by atoms with Gasteiger partial charge < -0.3 is 19.7 Å². The molecule has 28 heavy (non-hydrogen) atoms. The number of methoxy groups -OCH3 is 2. The van der Waals surface area contributed by atoms with Gasteiger partial charge in [0, 0.05) is 25.2 Å². The summed E-state index contributed by atoms with van der Waals surface area (Å²) in [5.74, 6) is 0.492. The molecule has 0 aliphatic carbocycles. The van der Waals surface area contributed by atoms with Gasteiger partial charge in [0.2, 0.25) is 11.8 Å². The zero-order valence-electron chi connectivity index (χ0n) is 15.8. The summed E-state index contributed by atoms with van der Waals surface area (Å²) in [6, 6.07) is 14.2. The minimum atomic E-state index is -0.432. The highest BCUT2D eigenvalue weighted by Gasteiger charge is 2.34. The van der Waals surface area contributed by atoms with Gasteiger partial charge in [0.05, 0.1) is 31.8 Å². The molecule has 0 aromatic heterocycles. The van der Waals surface area contributed by atoms with Crippen LogP contribution in [0.15, 0.2) is 42.5 Å². The topological polar surface area (TPSA) is 91.7 Å². The predicted molar refractivity (Wildman–Crippen MR) is 103 cm³/mol.